The fourth-order valence-electron chi connectivity index (χ4n) is 5.49. The lowest BCUT2D eigenvalue weighted by atomic mass is 9.65. The van der Waals surface area contributed by atoms with Crippen molar-refractivity contribution in [3.8, 4) is 0 Å². The second kappa shape index (κ2) is 8.73. The minimum Gasteiger partial charge on any atom is -0.456 e. The normalized spacial score (nSPS) is 36.1. The molecule has 3 heterocycles. The zero-order chi connectivity index (χ0) is 24.0. The number of fused-ring (bicyclic) bond motifs is 3. The molecule has 4 rings (SSSR count). The lowest BCUT2D eigenvalue weighted by Gasteiger charge is -2.41. The number of hydrogen-bond donors (Lipinski definition) is 1. The lowest BCUT2D eigenvalue weighted by Crippen LogP contribution is -2.46. The van der Waals surface area contributed by atoms with E-state index in [0.717, 1.165) is 12.0 Å². The molecule has 0 saturated carbocycles. The first kappa shape index (κ1) is 23.7. The fraction of sp³-hybridized carbons (Fsp3) is 0.556. The number of carbonyl (C=O) groups excluding carboxylic acids is 1. The van der Waals surface area contributed by atoms with Crippen molar-refractivity contribution < 1.29 is 19.4 Å². The van der Waals surface area contributed by atoms with E-state index in [4.69, 9.17) is 9.47 Å². The first-order valence-corrected chi connectivity index (χ1v) is 11.9. The van der Waals surface area contributed by atoms with Gasteiger partial charge in [-0.15, -0.1) is 0 Å². The Morgan fingerprint density at radius 3 is 2.79 bits per heavy atom. The molecule has 1 aromatic rings. The van der Waals surface area contributed by atoms with Gasteiger partial charge in [0.25, 0.3) is 0 Å². The number of ether oxygens (including phenoxy) is 2. The molecular weight excluding hydrogens is 416 g/mol. The van der Waals surface area contributed by atoms with Crippen LogP contribution in [0, 0.1) is 23.7 Å². The summed E-state index contributed by atoms with van der Waals surface area (Å²) in [5, 5.41) is 11.3. The molecule has 0 amide bonds. The quantitative estimate of drug-likeness (QED) is 0.411. The third-order valence-corrected chi connectivity index (χ3v) is 7.62. The lowest BCUT2D eigenvalue weighted by molar-refractivity contribution is -0.214. The molecule has 0 saturated heterocycles. The second-order valence-corrected chi connectivity index (χ2v) is 10.4. The van der Waals surface area contributed by atoms with Gasteiger partial charge >= 0.3 is 5.97 Å². The number of aromatic nitrogens is 2. The highest BCUT2D eigenvalue weighted by atomic mass is 16.7. The molecule has 33 heavy (non-hydrogen) atoms. The molecule has 6 heteroatoms. The van der Waals surface area contributed by atoms with Gasteiger partial charge in [0.15, 0.2) is 0 Å². The minimum absolute atomic E-state index is 0.204. The zero-order valence-corrected chi connectivity index (χ0v) is 20.5. The summed E-state index contributed by atoms with van der Waals surface area (Å²) in [5.41, 5.74) is 1.86. The van der Waals surface area contributed by atoms with E-state index >= 15 is 0 Å². The van der Waals surface area contributed by atoms with Crippen LogP contribution in [-0.2, 0) is 21.3 Å². The Morgan fingerprint density at radius 1 is 1.36 bits per heavy atom. The summed E-state index contributed by atoms with van der Waals surface area (Å²) in [7, 11) is 1.88. The van der Waals surface area contributed by atoms with Gasteiger partial charge in [0.2, 0.25) is 5.79 Å². The maximum atomic E-state index is 12.8. The van der Waals surface area contributed by atoms with Gasteiger partial charge in [-0.2, -0.15) is 0 Å². The topological polar surface area (TPSA) is 73.6 Å². The van der Waals surface area contributed by atoms with E-state index in [1.165, 1.54) is 11.6 Å². The molecule has 1 N–H and O–H groups in total. The van der Waals surface area contributed by atoms with E-state index in [-0.39, 0.29) is 11.8 Å². The smallest absolute Gasteiger partial charge is 0.331 e. The molecule has 6 atom stereocenters. The van der Waals surface area contributed by atoms with Crippen molar-refractivity contribution in [1.82, 2.24) is 9.55 Å². The minimum atomic E-state index is -1.49. The molecule has 2 aliphatic heterocycles. The maximum Gasteiger partial charge on any atom is 0.331 e. The predicted molar refractivity (Wildman–Crippen MR) is 128 cm³/mol. The molecule has 1 aromatic heterocycles. The number of imidazole rings is 1. The number of aliphatic hydroxyl groups is 1. The molecule has 1 aliphatic carbocycles. The van der Waals surface area contributed by atoms with Crippen molar-refractivity contribution in [2.45, 2.75) is 65.0 Å². The van der Waals surface area contributed by atoms with Crippen molar-refractivity contribution >= 4 is 12.0 Å². The number of esters is 1. The number of aryl methyl sites for hydroxylation is 1. The monoisotopic (exact) mass is 452 g/mol. The second-order valence-electron chi connectivity index (χ2n) is 10.4. The summed E-state index contributed by atoms with van der Waals surface area (Å²) in [5.74, 6) is -0.550. The van der Waals surface area contributed by atoms with Crippen LogP contribution >= 0.6 is 0 Å². The van der Waals surface area contributed by atoms with Gasteiger partial charge in [-0.1, -0.05) is 31.6 Å². The van der Waals surface area contributed by atoms with Gasteiger partial charge in [-0.05, 0) is 81.1 Å². The van der Waals surface area contributed by atoms with Gasteiger partial charge in [0, 0.05) is 19.3 Å². The number of allylic oxidation sites excluding steroid dienone is 3. The molecule has 178 valence electrons. The third-order valence-electron chi connectivity index (χ3n) is 7.62. The van der Waals surface area contributed by atoms with Gasteiger partial charge in [0.1, 0.15) is 11.7 Å². The Labute approximate surface area is 196 Å². The standard InChI is InChI=1S/C27H36N2O4/c1-17(2)21-9-7-18(3)22-14-24(32-25(30)10-8-20-15-29(6)16-28-20)26(5)11-12-27(31,33-26)19(4)13-23(21)22/h7-8,10-13,15-17,21-24,31H,9,14H2,1-6H3. The van der Waals surface area contributed by atoms with E-state index in [1.807, 2.05) is 37.7 Å². The van der Waals surface area contributed by atoms with Crippen LogP contribution in [0.2, 0.25) is 0 Å². The SMILES string of the molecule is CC1=CCC(C(C)C)C2C=C(C)C3(O)C=CC(C)(O3)C(OC(=O)C=Cc3cn(C)cn3)CC12. The van der Waals surface area contributed by atoms with E-state index in [2.05, 4.69) is 37.9 Å². The average molecular weight is 453 g/mol. The molecule has 3 aliphatic rings. The van der Waals surface area contributed by atoms with E-state index in [9.17, 15) is 9.90 Å². The van der Waals surface area contributed by atoms with Crippen LogP contribution in [0.25, 0.3) is 6.08 Å². The molecule has 0 spiro atoms. The van der Waals surface area contributed by atoms with Crippen LogP contribution in [0.5, 0.6) is 0 Å². The summed E-state index contributed by atoms with van der Waals surface area (Å²) in [4.78, 5) is 17.1. The highest BCUT2D eigenvalue weighted by Crippen LogP contribution is 2.48. The number of hydrogen-bond acceptors (Lipinski definition) is 5. The Kier molecular flexibility index (Phi) is 6.27. The zero-order valence-electron chi connectivity index (χ0n) is 20.5. The van der Waals surface area contributed by atoms with E-state index in [0.29, 0.717) is 24.0 Å². The van der Waals surface area contributed by atoms with Crippen LogP contribution in [0.1, 0.15) is 53.2 Å². The van der Waals surface area contributed by atoms with Crippen molar-refractivity contribution in [2.24, 2.45) is 30.7 Å². The number of rotatable bonds is 4. The Morgan fingerprint density at radius 2 is 2.12 bits per heavy atom. The first-order valence-electron chi connectivity index (χ1n) is 11.9. The van der Waals surface area contributed by atoms with Crippen LogP contribution in [0.15, 0.2) is 54.1 Å². The van der Waals surface area contributed by atoms with Crippen LogP contribution < -0.4 is 0 Å². The summed E-state index contributed by atoms with van der Waals surface area (Å²) < 4.78 is 14.1. The fourth-order valence-corrected chi connectivity index (χ4v) is 5.49. The summed E-state index contributed by atoms with van der Waals surface area (Å²) in [6.07, 6.45) is 15.7. The van der Waals surface area contributed by atoms with Crippen molar-refractivity contribution in [1.29, 1.82) is 0 Å². The molecule has 6 nitrogen and oxygen atoms in total. The van der Waals surface area contributed by atoms with Crippen molar-refractivity contribution in [3.05, 3.63) is 59.7 Å². The highest BCUT2D eigenvalue weighted by Gasteiger charge is 2.51. The molecule has 0 radical (unpaired) electrons. The van der Waals surface area contributed by atoms with Gasteiger partial charge in [-0.3, -0.25) is 0 Å². The number of carbonyl (C=O) groups is 1. The Balaban J connectivity index is 1.67. The van der Waals surface area contributed by atoms with Gasteiger partial charge < -0.3 is 19.1 Å². The van der Waals surface area contributed by atoms with Crippen LogP contribution in [0.3, 0.4) is 0 Å². The first-order chi connectivity index (χ1) is 15.5. The summed E-state index contributed by atoms with van der Waals surface area (Å²) in [6.45, 7) is 10.5. The third kappa shape index (κ3) is 4.64. The van der Waals surface area contributed by atoms with Crippen molar-refractivity contribution in [3.63, 3.8) is 0 Å². The van der Waals surface area contributed by atoms with Crippen LogP contribution in [0.4, 0.5) is 0 Å². The summed E-state index contributed by atoms with van der Waals surface area (Å²) >= 11 is 0. The van der Waals surface area contributed by atoms with Crippen LogP contribution in [-0.4, -0.2) is 38.1 Å². The highest BCUT2D eigenvalue weighted by molar-refractivity contribution is 5.86. The predicted octanol–water partition coefficient (Wildman–Crippen LogP) is 4.58. The molecular formula is C27H36N2O4. The molecule has 2 bridgehead atoms. The van der Waals surface area contributed by atoms with Gasteiger partial charge in [-0.25, -0.2) is 9.78 Å². The average Bonchev–Trinajstić information content (AvgIpc) is 3.31. The summed E-state index contributed by atoms with van der Waals surface area (Å²) in [6, 6.07) is 0. The molecule has 6 unspecified atom stereocenters. The number of nitrogens with zero attached hydrogens (tertiary/aromatic N) is 2. The Bertz CT molecular complexity index is 1030. The van der Waals surface area contributed by atoms with Crippen molar-refractivity contribution in [2.75, 3.05) is 0 Å². The molecule has 0 fully saturated rings. The Hall–Kier alpha value is -2.44. The molecule has 0 aromatic carbocycles. The van der Waals surface area contributed by atoms with E-state index < -0.39 is 23.5 Å². The van der Waals surface area contributed by atoms with Gasteiger partial charge in [0.05, 0.1) is 12.0 Å². The van der Waals surface area contributed by atoms with E-state index in [1.54, 1.807) is 18.5 Å². The largest absolute Gasteiger partial charge is 0.456 e. The maximum absolute atomic E-state index is 12.8.